The average Bonchev–Trinajstić information content (AvgIpc) is 3.41. The standard InChI is InChI=1S/C26H26N6O3/c1-3-4-14-35-21-10-8-19(9-11-21)22-16-23-25-29-32(26(34)30(25)12-13-31(23)28-22)17-24(33)27-20-7-5-6-18(2)15-20/h5-13,15-16H,3-4,14,17H2,1-2H3,(H,27,33). The van der Waals surface area contributed by atoms with Crippen molar-refractivity contribution >= 4 is 22.8 Å². The number of unbranched alkanes of at least 4 members (excludes halogenated alkanes) is 1. The number of amides is 1. The van der Waals surface area contributed by atoms with E-state index in [-0.39, 0.29) is 12.5 Å². The number of benzene rings is 2. The van der Waals surface area contributed by atoms with Gasteiger partial charge < -0.3 is 10.1 Å². The number of aromatic nitrogens is 5. The minimum absolute atomic E-state index is 0.193. The number of rotatable bonds is 8. The van der Waals surface area contributed by atoms with Gasteiger partial charge in [-0.3, -0.25) is 4.79 Å². The van der Waals surface area contributed by atoms with Crippen LogP contribution in [0.4, 0.5) is 5.69 Å². The van der Waals surface area contributed by atoms with Crippen LogP contribution in [0.25, 0.3) is 22.4 Å². The van der Waals surface area contributed by atoms with Crippen LogP contribution in [0.5, 0.6) is 5.75 Å². The van der Waals surface area contributed by atoms with Gasteiger partial charge >= 0.3 is 5.69 Å². The van der Waals surface area contributed by atoms with Crippen molar-refractivity contribution < 1.29 is 9.53 Å². The van der Waals surface area contributed by atoms with Gasteiger partial charge in [-0.2, -0.15) is 5.10 Å². The van der Waals surface area contributed by atoms with Crippen LogP contribution in [0.3, 0.4) is 0 Å². The molecule has 3 aromatic heterocycles. The number of aryl methyl sites for hydroxylation is 1. The van der Waals surface area contributed by atoms with Crippen LogP contribution in [0, 0.1) is 6.92 Å². The first-order chi connectivity index (χ1) is 17.0. The second kappa shape index (κ2) is 9.46. The van der Waals surface area contributed by atoms with Gasteiger partial charge in [-0.05, 0) is 61.4 Å². The van der Waals surface area contributed by atoms with E-state index in [0.29, 0.717) is 23.5 Å². The van der Waals surface area contributed by atoms with Crippen LogP contribution in [-0.4, -0.2) is 36.3 Å². The molecule has 0 bridgehead atoms. The number of hydrogen-bond acceptors (Lipinski definition) is 5. The van der Waals surface area contributed by atoms with E-state index < -0.39 is 5.69 Å². The first kappa shape index (κ1) is 22.4. The first-order valence-corrected chi connectivity index (χ1v) is 11.6. The minimum atomic E-state index is -0.391. The van der Waals surface area contributed by atoms with Crippen LogP contribution >= 0.6 is 0 Å². The zero-order valence-electron chi connectivity index (χ0n) is 19.6. The molecule has 1 N–H and O–H groups in total. The highest BCUT2D eigenvalue weighted by Gasteiger charge is 2.15. The van der Waals surface area contributed by atoms with Crippen molar-refractivity contribution in [1.82, 2.24) is 23.8 Å². The lowest BCUT2D eigenvalue weighted by Gasteiger charge is -2.05. The summed E-state index contributed by atoms with van der Waals surface area (Å²) < 4.78 is 10.0. The maximum absolute atomic E-state index is 12.9. The molecule has 0 aliphatic heterocycles. The predicted octanol–water partition coefficient (Wildman–Crippen LogP) is 3.94. The summed E-state index contributed by atoms with van der Waals surface area (Å²) in [6, 6.07) is 17.1. The second-order valence-electron chi connectivity index (χ2n) is 8.44. The lowest BCUT2D eigenvalue weighted by atomic mass is 10.1. The van der Waals surface area contributed by atoms with Gasteiger partial charge in [0.15, 0.2) is 5.65 Å². The van der Waals surface area contributed by atoms with Gasteiger partial charge in [-0.15, -0.1) is 5.10 Å². The molecule has 35 heavy (non-hydrogen) atoms. The second-order valence-corrected chi connectivity index (χ2v) is 8.44. The van der Waals surface area contributed by atoms with Crippen LogP contribution in [0.1, 0.15) is 25.3 Å². The van der Waals surface area contributed by atoms with Gasteiger partial charge in [-0.25, -0.2) is 18.4 Å². The molecule has 0 unspecified atom stereocenters. The molecule has 0 radical (unpaired) electrons. The summed E-state index contributed by atoms with van der Waals surface area (Å²) in [7, 11) is 0. The molecule has 5 rings (SSSR count). The first-order valence-electron chi connectivity index (χ1n) is 11.6. The number of fused-ring (bicyclic) bond motifs is 3. The zero-order chi connectivity index (χ0) is 24.4. The van der Waals surface area contributed by atoms with Crippen molar-refractivity contribution in [3.63, 3.8) is 0 Å². The smallest absolute Gasteiger partial charge is 0.350 e. The van der Waals surface area contributed by atoms with Crippen molar-refractivity contribution in [3.05, 3.63) is 83.0 Å². The van der Waals surface area contributed by atoms with Crippen LogP contribution in [0.2, 0.25) is 0 Å². The van der Waals surface area contributed by atoms with E-state index in [9.17, 15) is 9.59 Å². The number of ether oxygens (including phenoxy) is 1. The summed E-state index contributed by atoms with van der Waals surface area (Å²) in [5.74, 6) is 0.496. The van der Waals surface area contributed by atoms with E-state index in [1.54, 1.807) is 23.0 Å². The van der Waals surface area contributed by atoms with E-state index >= 15 is 0 Å². The molecule has 9 nitrogen and oxygen atoms in total. The fourth-order valence-electron chi connectivity index (χ4n) is 3.89. The predicted molar refractivity (Wildman–Crippen MR) is 134 cm³/mol. The molecule has 0 aliphatic carbocycles. The Morgan fingerprint density at radius 2 is 1.89 bits per heavy atom. The van der Waals surface area contributed by atoms with E-state index in [4.69, 9.17) is 4.74 Å². The zero-order valence-corrected chi connectivity index (χ0v) is 19.6. The Labute approximate surface area is 201 Å². The number of carbonyl (C=O) groups excluding carboxylic acids is 1. The third-order valence-corrected chi connectivity index (χ3v) is 5.70. The Kier molecular flexibility index (Phi) is 6.05. The normalized spacial score (nSPS) is 11.3. The fraction of sp³-hybridized carbons (Fsp3) is 0.231. The molecule has 3 heterocycles. The number of nitrogens with zero attached hydrogens (tertiary/aromatic N) is 5. The van der Waals surface area contributed by atoms with Crippen LogP contribution in [-0.2, 0) is 11.3 Å². The molecule has 0 saturated heterocycles. The van der Waals surface area contributed by atoms with E-state index in [1.807, 2.05) is 55.5 Å². The van der Waals surface area contributed by atoms with E-state index in [2.05, 4.69) is 22.4 Å². The maximum atomic E-state index is 12.9. The van der Waals surface area contributed by atoms with E-state index in [0.717, 1.165) is 40.1 Å². The highest BCUT2D eigenvalue weighted by molar-refractivity contribution is 5.90. The Morgan fingerprint density at radius 3 is 2.66 bits per heavy atom. The monoisotopic (exact) mass is 470 g/mol. The van der Waals surface area contributed by atoms with Gasteiger partial charge in [0.25, 0.3) is 0 Å². The van der Waals surface area contributed by atoms with Gasteiger partial charge in [0.1, 0.15) is 17.8 Å². The lowest BCUT2D eigenvalue weighted by molar-refractivity contribution is -0.117. The lowest BCUT2D eigenvalue weighted by Crippen LogP contribution is -2.28. The molecular formula is C26H26N6O3. The van der Waals surface area contributed by atoms with Crippen molar-refractivity contribution in [2.75, 3.05) is 11.9 Å². The quantitative estimate of drug-likeness (QED) is 0.347. The molecule has 0 fully saturated rings. The Morgan fingerprint density at radius 1 is 1.06 bits per heavy atom. The number of nitrogens with one attached hydrogen (secondary N) is 1. The summed E-state index contributed by atoms with van der Waals surface area (Å²) in [5, 5.41) is 11.9. The molecule has 2 aromatic carbocycles. The fourth-order valence-corrected chi connectivity index (χ4v) is 3.89. The SMILES string of the molecule is CCCCOc1ccc(-c2cc3c4nn(CC(=O)Nc5cccc(C)c5)c(=O)n4ccn3n2)cc1. The Hall–Kier alpha value is -4.40. The number of carbonyl (C=O) groups is 1. The third kappa shape index (κ3) is 4.65. The molecule has 5 aromatic rings. The molecule has 0 aliphatic rings. The molecule has 0 spiro atoms. The van der Waals surface area contributed by atoms with Crippen LogP contribution in [0.15, 0.2) is 71.8 Å². The van der Waals surface area contributed by atoms with Crippen molar-refractivity contribution in [2.24, 2.45) is 0 Å². The van der Waals surface area contributed by atoms with E-state index in [1.165, 1.54) is 4.40 Å². The van der Waals surface area contributed by atoms with Crippen molar-refractivity contribution in [2.45, 2.75) is 33.2 Å². The van der Waals surface area contributed by atoms with Crippen molar-refractivity contribution in [1.29, 1.82) is 0 Å². The summed E-state index contributed by atoms with van der Waals surface area (Å²) >= 11 is 0. The average molecular weight is 471 g/mol. The van der Waals surface area contributed by atoms with Gasteiger partial charge in [0.2, 0.25) is 5.91 Å². The molecule has 0 saturated carbocycles. The number of hydrogen-bond donors (Lipinski definition) is 1. The Balaban J connectivity index is 1.40. The summed E-state index contributed by atoms with van der Waals surface area (Å²) in [6.07, 6.45) is 5.41. The largest absolute Gasteiger partial charge is 0.494 e. The molecule has 0 atom stereocenters. The summed E-state index contributed by atoms with van der Waals surface area (Å²) in [5.41, 5.74) is 4.09. The van der Waals surface area contributed by atoms with Crippen molar-refractivity contribution in [3.8, 4) is 17.0 Å². The minimum Gasteiger partial charge on any atom is -0.494 e. The number of anilines is 1. The molecule has 9 heteroatoms. The topological polar surface area (TPSA) is 94.9 Å². The summed E-state index contributed by atoms with van der Waals surface area (Å²) in [4.78, 5) is 25.4. The summed E-state index contributed by atoms with van der Waals surface area (Å²) in [6.45, 7) is 4.58. The highest BCUT2D eigenvalue weighted by Crippen LogP contribution is 2.24. The molecule has 178 valence electrons. The molecular weight excluding hydrogens is 444 g/mol. The molecule has 1 amide bonds. The van der Waals surface area contributed by atoms with Gasteiger partial charge in [0, 0.05) is 23.6 Å². The Bertz CT molecular complexity index is 1560. The van der Waals surface area contributed by atoms with Gasteiger partial charge in [0.05, 0.1) is 12.3 Å². The van der Waals surface area contributed by atoms with Gasteiger partial charge in [-0.1, -0.05) is 25.5 Å². The highest BCUT2D eigenvalue weighted by atomic mass is 16.5. The third-order valence-electron chi connectivity index (χ3n) is 5.70. The maximum Gasteiger partial charge on any atom is 0.350 e. The van der Waals surface area contributed by atoms with Crippen LogP contribution < -0.4 is 15.7 Å².